The van der Waals surface area contributed by atoms with E-state index in [1.807, 2.05) is 0 Å². The third-order valence-corrected chi connectivity index (χ3v) is 2.64. The van der Waals surface area contributed by atoms with Crippen LogP contribution >= 0.6 is 27.5 Å². The summed E-state index contributed by atoms with van der Waals surface area (Å²) >= 11 is 9.12. The van der Waals surface area contributed by atoms with Crippen LogP contribution in [0.25, 0.3) is 0 Å². The Hall–Kier alpha value is -1.33. The number of aromatic nitrogens is 1. The average Bonchev–Trinajstić information content (AvgIpc) is 2.62. The lowest BCUT2D eigenvalue weighted by Crippen LogP contribution is -2.12. The van der Waals surface area contributed by atoms with Crippen molar-refractivity contribution in [2.75, 3.05) is 5.32 Å². The Morgan fingerprint density at radius 2 is 2.24 bits per heavy atom. The van der Waals surface area contributed by atoms with Gasteiger partial charge >= 0.3 is 6.01 Å². The smallest absolute Gasteiger partial charge is 0.301 e. The number of hydrogen-bond donors (Lipinski definition) is 1. The van der Waals surface area contributed by atoms with Crippen molar-refractivity contribution >= 4 is 39.5 Å². The quantitative estimate of drug-likeness (QED) is 0.920. The third-order valence-electron chi connectivity index (χ3n) is 1.96. The van der Waals surface area contributed by atoms with E-state index < -0.39 is 0 Å². The molecule has 6 heteroatoms. The zero-order valence-corrected chi connectivity index (χ0v) is 11.2. The SMILES string of the molecule is Cc1coc(NC(=O)c2cc(Cl)cc(Br)c2)n1. The van der Waals surface area contributed by atoms with Crippen LogP contribution < -0.4 is 5.32 Å². The maximum Gasteiger partial charge on any atom is 0.301 e. The van der Waals surface area contributed by atoms with Crippen LogP contribution in [0, 0.1) is 6.92 Å². The summed E-state index contributed by atoms with van der Waals surface area (Å²) in [5.41, 5.74) is 1.13. The fraction of sp³-hybridized carbons (Fsp3) is 0.0909. The first-order valence-corrected chi connectivity index (χ1v) is 5.91. The second-order valence-corrected chi connectivity index (χ2v) is 4.76. The summed E-state index contributed by atoms with van der Waals surface area (Å²) in [5.74, 6) is -0.324. The monoisotopic (exact) mass is 314 g/mol. The van der Waals surface area contributed by atoms with Crippen LogP contribution in [-0.2, 0) is 0 Å². The van der Waals surface area contributed by atoms with Crippen LogP contribution in [0.2, 0.25) is 5.02 Å². The molecule has 0 fully saturated rings. The molecule has 0 spiro atoms. The fourth-order valence-electron chi connectivity index (χ4n) is 1.27. The summed E-state index contributed by atoms with van der Waals surface area (Å²) in [6, 6.07) is 5.10. The third kappa shape index (κ3) is 3.08. The van der Waals surface area contributed by atoms with E-state index in [2.05, 4.69) is 26.2 Å². The van der Waals surface area contributed by atoms with Crippen LogP contribution in [0.1, 0.15) is 16.1 Å². The summed E-state index contributed by atoms with van der Waals surface area (Å²) < 4.78 is 5.76. The largest absolute Gasteiger partial charge is 0.432 e. The highest BCUT2D eigenvalue weighted by Crippen LogP contribution is 2.20. The van der Waals surface area contributed by atoms with Gasteiger partial charge in [-0.2, -0.15) is 4.98 Å². The molecule has 4 nitrogen and oxygen atoms in total. The summed E-state index contributed by atoms with van der Waals surface area (Å²) in [6.07, 6.45) is 1.46. The molecule has 1 heterocycles. The van der Waals surface area contributed by atoms with E-state index in [1.54, 1.807) is 25.1 Å². The van der Waals surface area contributed by atoms with Gasteiger partial charge in [0, 0.05) is 15.1 Å². The molecular formula is C11H8BrClN2O2. The lowest BCUT2D eigenvalue weighted by Gasteiger charge is -2.02. The fourth-order valence-corrected chi connectivity index (χ4v) is 2.13. The van der Waals surface area contributed by atoms with Gasteiger partial charge in [0.1, 0.15) is 6.26 Å². The molecule has 0 atom stereocenters. The van der Waals surface area contributed by atoms with Gasteiger partial charge in [0.05, 0.1) is 5.69 Å². The average molecular weight is 316 g/mol. The molecule has 0 aliphatic heterocycles. The Morgan fingerprint density at radius 3 is 2.82 bits per heavy atom. The minimum Gasteiger partial charge on any atom is -0.432 e. The van der Waals surface area contributed by atoms with E-state index in [0.29, 0.717) is 16.3 Å². The number of oxazole rings is 1. The van der Waals surface area contributed by atoms with Gasteiger partial charge in [0.15, 0.2) is 0 Å². The molecule has 0 aliphatic rings. The number of carbonyl (C=O) groups is 1. The van der Waals surface area contributed by atoms with Crippen molar-refractivity contribution in [1.82, 2.24) is 4.98 Å². The maximum atomic E-state index is 11.8. The first-order valence-electron chi connectivity index (χ1n) is 4.74. The van der Waals surface area contributed by atoms with Gasteiger partial charge in [-0.15, -0.1) is 0 Å². The van der Waals surface area contributed by atoms with Crippen molar-refractivity contribution in [3.8, 4) is 0 Å². The van der Waals surface area contributed by atoms with Crippen molar-refractivity contribution in [3.63, 3.8) is 0 Å². The van der Waals surface area contributed by atoms with Crippen LogP contribution in [0.4, 0.5) is 6.01 Å². The van der Waals surface area contributed by atoms with E-state index in [9.17, 15) is 4.79 Å². The van der Waals surface area contributed by atoms with Gasteiger partial charge in [-0.1, -0.05) is 27.5 Å². The van der Waals surface area contributed by atoms with E-state index in [1.165, 1.54) is 6.26 Å². The van der Waals surface area contributed by atoms with Crippen LogP contribution in [0.3, 0.4) is 0 Å². The highest BCUT2D eigenvalue weighted by Gasteiger charge is 2.10. The second-order valence-electron chi connectivity index (χ2n) is 3.41. The number of nitrogens with zero attached hydrogens (tertiary/aromatic N) is 1. The Balaban J connectivity index is 2.19. The van der Waals surface area contributed by atoms with E-state index >= 15 is 0 Å². The molecule has 0 bridgehead atoms. The Bertz CT molecular complexity index is 548. The topological polar surface area (TPSA) is 55.1 Å². The first-order chi connectivity index (χ1) is 8.04. The van der Waals surface area contributed by atoms with E-state index in [0.717, 1.165) is 4.47 Å². The molecule has 1 N–H and O–H groups in total. The maximum absolute atomic E-state index is 11.8. The standard InChI is InChI=1S/C11H8BrClN2O2/c1-6-5-17-11(14-6)15-10(16)7-2-8(12)4-9(13)3-7/h2-5H,1H3,(H,14,15,16). The Morgan fingerprint density at radius 1 is 1.47 bits per heavy atom. The molecule has 17 heavy (non-hydrogen) atoms. The van der Waals surface area contributed by atoms with Gasteiger partial charge in [-0.05, 0) is 25.1 Å². The number of halogens is 2. The van der Waals surface area contributed by atoms with Gasteiger partial charge < -0.3 is 4.42 Å². The highest BCUT2D eigenvalue weighted by atomic mass is 79.9. The number of hydrogen-bond acceptors (Lipinski definition) is 3. The number of carbonyl (C=O) groups excluding carboxylic acids is 1. The number of nitrogens with one attached hydrogen (secondary N) is 1. The first kappa shape index (κ1) is 12.1. The number of aryl methyl sites for hydroxylation is 1. The molecule has 2 rings (SSSR count). The Kier molecular flexibility index (Phi) is 3.49. The van der Waals surface area contributed by atoms with E-state index in [-0.39, 0.29) is 11.9 Å². The van der Waals surface area contributed by atoms with Crippen LogP contribution in [0.15, 0.2) is 33.4 Å². The zero-order chi connectivity index (χ0) is 12.4. The molecule has 1 aromatic heterocycles. The summed E-state index contributed by atoms with van der Waals surface area (Å²) in [7, 11) is 0. The van der Waals surface area contributed by atoms with Crippen molar-refractivity contribution in [1.29, 1.82) is 0 Å². The Labute approximate surface area is 111 Å². The minimum atomic E-state index is -0.324. The molecule has 1 aromatic carbocycles. The van der Waals surface area contributed by atoms with Gasteiger partial charge in [0.2, 0.25) is 0 Å². The van der Waals surface area contributed by atoms with Crippen molar-refractivity contribution in [3.05, 3.63) is 45.2 Å². The number of benzene rings is 1. The zero-order valence-electron chi connectivity index (χ0n) is 8.83. The van der Waals surface area contributed by atoms with E-state index in [4.69, 9.17) is 16.0 Å². The minimum absolute atomic E-state index is 0.170. The van der Waals surface area contributed by atoms with Gasteiger partial charge in [0.25, 0.3) is 5.91 Å². The molecular weight excluding hydrogens is 307 g/mol. The molecule has 0 unspecified atom stereocenters. The van der Waals surface area contributed by atoms with Crippen molar-refractivity contribution in [2.24, 2.45) is 0 Å². The lowest BCUT2D eigenvalue weighted by molar-refractivity contribution is 0.102. The summed E-state index contributed by atoms with van der Waals surface area (Å²) in [5, 5.41) is 3.02. The molecule has 0 saturated carbocycles. The number of anilines is 1. The van der Waals surface area contributed by atoms with Crippen LogP contribution in [-0.4, -0.2) is 10.9 Å². The summed E-state index contributed by atoms with van der Waals surface area (Å²) in [4.78, 5) is 15.8. The van der Waals surface area contributed by atoms with Crippen LogP contribution in [0.5, 0.6) is 0 Å². The van der Waals surface area contributed by atoms with Crippen molar-refractivity contribution < 1.29 is 9.21 Å². The molecule has 88 valence electrons. The second kappa shape index (κ2) is 4.89. The lowest BCUT2D eigenvalue weighted by atomic mass is 10.2. The molecule has 0 aliphatic carbocycles. The molecule has 1 amide bonds. The predicted molar refractivity (Wildman–Crippen MR) is 68.3 cm³/mol. The number of amides is 1. The van der Waals surface area contributed by atoms with Crippen molar-refractivity contribution in [2.45, 2.75) is 6.92 Å². The highest BCUT2D eigenvalue weighted by molar-refractivity contribution is 9.10. The normalized spacial score (nSPS) is 10.3. The molecule has 2 aromatic rings. The summed E-state index contributed by atoms with van der Waals surface area (Å²) in [6.45, 7) is 1.77. The number of rotatable bonds is 2. The molecule has 0 saturated heterocycles. The molecule has 0 radical (unpaired) electrons. The van der Waals surface area contributed by atoms with Gasteiger partial charge in [-0.3, -0.25) is 10.1 Å². The van der Waals surface area contributed by atoms with Gasteiger partial charge in [-0.25, -0.2) is 0 Å². The predicted octanol–water partition coefficient (Wildman–Crippen LogP) is 3.65.